The minimum Gasteiger partial charge on any atom is -0.352 e. The van der Waals surface area contributed by atoms with Crippen LogP contribution in [0.25, 0.3) is 11.6 Å². The van der Waals surface area contributed by atoms with Gasteiger partial charge in [0, 0.05) is 23.4 Å². The number of amides is 2. The molecular weight excluding hydrogens is 356 g/mol. The average Bonchev–Trinajstić information content (AvgIpc) is 3.26. The molecule has 0 aliphatic heterocycles. The van der Waals surface area contributed by atoms with Crippen LogP contribution in [-0.4, -0.2) is 23.6 Å². The number of hydrogen-bond acceptors (Lipinski definition) is 5. The Morgan fingerprint density at radius 1 is 1.24 bits per heavy atom. The Labute approximate surface area is 155 Å². The molecule has 0 spiro atoms. The zero-order chi connectivity index (χ0) is 18.1. The van der Waals surface area contributed by atoms with Crippen LogP contribution in [0.2, 0.25) is 0 Å². The van der Waals surface area contributed by atoms with Crippen molar-refractivity contribution in [1.29, 1.82) is 0 Å². The average molecular weight is 379 g/mol. The van der Waals surface area contributed by atoms with Crippen LogP contribution >= 0.6 is 22.7 Å². The SMILES string of the molecule is Cc1csc(C=C(C(=O)NCCCCCC(=O)NO)c2ccsc2)c1. The highest BCUT2D eigenvalue weighted by Gasteiger charge is 2.13. The predicted molar refractivity (Wildman–Crippen MR) is 103 cm³/mol. The molecule has 0 atom stereocenters. The molecule has 0 aromatic carbocycles. The summed E-state index contributed by atoms with van der Waals surface area (Å²) in [5.74, 6) is -0.462. The van der Waals surface area contributed by atoms with Crippen LogP contribution in [0.15, 0.2) is 28.3 Å². The zero-order valence-electron chi connectivity index (χ0n) is 14.1. The van der Waals surface area contributed by atoms with Crippen molar-refractivity contribution in [3.8, 4) is 0 Å². The van der Waals surface area contributed by atoms with Crippen molar-refractivity contribution in [2.75, 3.05) is 6.54 Å². The monoisotopic (exact) mass is 378 g/mol. The summed E-state index contributed by atoms with van der Waals surface area (Å²) in [4.78, 5) is 24.5. The van der Waals surface area contributed by atoms with Gasteiger partial charge in [-0.1, -0.05) is 6.42 Å². The third-order valence-electron chi connectivity index (χ3n) is 3.61. The Bertz CT molecular complexity index is 721. The minimum absolute atomic E-state index is 0.0856. The molecule has 7 heteroatoms. The van der Waals surface area contributed by atoms with Gasteiger partial charge in [0.05, 0.1) is 0 Å². The van der Waals surface area contributed by atoms with E-state index in [1.807, 2.05) is 29.8 Å². The van der Waals surface area contributed by atoms with Gasteiger partial charge in [0.25, 0.3) is 5.91 Å². The summed E-state index contributed by atoms with van der Waals surface area (Å²) in [5, 5.41) is 17.4. The van der Waals surface area contributed by atoms with Crippen LogP contribution in [-0.2, 0) is 9.59 Å². The second kappa shape index (κ2) is 10.1. The molecule has 0 fully saturated rings. The fourth-order valence-electron chi connectivity index (χ4n) is 2.31. The highest BCUT2D eigenvalue weighted by Crippen LogP contribution is 2.24. The van der Waals surface area contributed by atoms with Gasteiger partial charge >= 0.3 is 0 Å². The molecule has 2 amide bonds. The summed E-state index contributed by atoms with van der Waals surface area (Å²) in [5.41, 5.74) is 4.40. The molecular formula is C18H22N2O3S2. The van der Waals surface area contributed by atoms with Gasteiger partial charge in [-0.05, 0) is 65.2 Å². The summed E-state index contributed by atoms with van der Waals surface area (Å²) in [6.45, 7) is 2.60. The van der Waals surface area contributed by atoms with Gasteiger partial charge < -0.3 is 5.32 Å². The quantitative estimate of drug-likeness (QED) is 0.268. The topological polar surface area (TPSA) is 78.4 Å². The minimum atomic E-state index is -0.377. The molecule has 0 aliphatic carbocycles. The molecule has 2 aromatic rings. The first-order valence-corrected chi connectivity index (χ1v) is 9.93. The lowest BCUT2D eigenvalue weighted by molar-refractivity contribution is -0.129. The van der Waals surface area contributed by atoms with E-state index in [0.717, 1.165) is 23.3 Å². The third kappa shape index (κ3) is 6.45. The van der Waals surface area contributed by atoms with E-state index in [1.165, 1.54) is 5.56 Å². The van der Waals surface area contributed by atoms with Gasteiger partial charge in [-0.3, -0.25) is 14.8 Å². The Balaban J connectivity index is 1.89. The summed E-state index contributed by atoms with van der Waals surface area (Å²) in [7, 11) is 0. The lowest BCUT2D eigenvalue weighted by Gasteiger charge is -2.08. The van der Waals surface area contributed by atoms with E-state index in [1.54, 1.807) is 28.2 Å². The van der Waals surface area contributed by atoms with Crippen LogP contribution in [0.3, 0.4) is 0 Å². The zero-order valence-corrected chi connectivity index (χ0v) is 15.7. The fourth-order valence-corrected chi connectivity index (χ4v) is 3.80. The van der Waals surface area contributed by atoms with E-state index in [0.29, 0.717) is 25.0 Å². The van der Waals surface area contributed by atoms with Crippen LogP contribution in [0.4, 0.5) is 0 Å². The van der Waals surface area contributed by atoms with Crippen LogP contribution in [0.1, 0.15) is 41.7 Å². The van der Waals surface area contributed by atoms with Crippen LogP contribution < -0.4 is 10.8 Å². The largest absolute Gasteiger partial charge is 0.352 e. The standard InChI is InChI=1S/C18H22N2O3S2/c1-13-9-15(25-11-13)10-16(14-6-8-24-12-14)18(22)19-7-4-2-3-5-17(21)20-23/h6,8-12,23H,2-5,7H2,1H3,(H,19,22)(H,20,21). The number of carbonyl (C=O) groups excluding carboxylic acids is 2. The van der Waals surface area contributed by atoms with Crippen molar-refractivity contribution in [1.82, 2.24) is 10.8 Å². The smallest absolute Gasteiger partial charge is 0.251 e. The van der Waals surface area contributed by atoms with E-state index in [-0.39, 0.29) is 11.8 Å². The molecule has 0 saturated heterocycles. The van der Waals surface area contributed by atoms with Crippen molar-refractivity contribution in [2.45, 2.75) is 32.6 Å². The Morgan fingerprint density at radius 2 is 2.08 bits per heavy atom. The van der Waals surface area contributed by atoms with E-state index in [2.05, 4.69) is 16.8 Å². The van der Waals surface area contributed by atoms with Crippen molar-refractivity contribution < 1.29 is 14.8 Å². The van der Waals surface area contributed by atoms with E-state index < -0.39 is 0 Å². The first-order valence-electron chi connectivity index (χ1n) is 8.10. The van der Waals surface area contributed by atoms with E-state index in [9.17, 15) is 9.59 Å². The number of hydrogen-bond donors (Lipinski definition) is 3. The molecule has 5 nitrogen and oxygen atoms in total. The maximum Gasteiger partial charge on any atom is 0.251 e. The van der Waals surface area contributed by atoms with Crippen molar-refractivity contribution in [3.63, 3.8) is 0 Å². The molecule has 3 N–H and O–H groups in total. The number of unbranched alkanes of at least 4 members (excludes halogenated alkanes) is 2. The maximum atomic E-state index is 12.6. The van der Waals surface area contributed by atoms with Gasteiger partial charge in [0.2, 0.25) is 5.91 Å². The first kappa shape index (κ1) is 19.4. The molecule has 134 valence electrons. The van der Waals surface area contributed by atoms with Gasteiger partial charge in [0.1, 0.15) is 0 Å². The molecule has 0 radical (unpaired) electrons. The number of nitrogens with one attached hydrogen (secondary N) is 2. The molecule has 2 heterocycles. The van der Waals surface area contributed by atoms with E-state index in [4.69, 9.17) is 5.21 Å². The Kier molecular flexibility index (Phi) is 7.84. The predicted octanol–water partition coefficient (Wildman–Crippen LogP) is 3.84. The second-order valence-corrected chi connectivity index (χ2v) is 7.42. The van der Waals surface area contributed by atoms with E-state index >= 15 is 0 Å². The molecule has 0 saturated carbocycles. The van der Waals surface area contributed by atoms with Gasteiger partial charge in [-0.15, -0.1) is 11.3 Å². The lowest BCUT2D eigenvalue weighted by atomic mass is 10.1. The summed E-state index contributed by atoms with van der Waals surface area (Å²) < 4.78 is 0. The molecule has 25 heavy (non-hydrogen) atoms. The number of thiophene rings is 2. The molecule has 0 aliphatic rings. The number of aryl methyl sites for hydroxylation is 1. The molecule has 0 unspecified atom stereocenters. The number of carbonyl (C=O) groups is 2. The Morgan fingerprint density at radius 3 is 2.72 bits per heavy atom. The van der Waals surface area contributed by atoms with Gasteiger partial charge in [0.15, 0.2) is 0 Å². The molecule has 0 bridgehead atoms. The number of rotatable bonds is 9. The Hall–Kier alpha value is -1.96. The van der Waals surface area contributed by atoms with Crippen molar-refractivity contribution in [2.24, 2.45) is 0 Å². The first-order chi connectivity index (χ1) is 12.1. The van der Waals surface area contributed by atoms with Crippen LogP contribution in [0, 0.1) is 6.92 Å². The molecule has 2 rings (SSSR count). The summed E-state index contributed by atoms with van der Waals surface area (Å²) in [6.07, 6.45) is 4.52. The highest BCUT2D eigenvalue weighted by atomic mass is 32.1. The lowest BCUT2D eigenvalue weighted by Crippen LogP contribution is -2.25. The normalized spacial score (nSPS) is 11.4. The number of hydroxylamine groups is 1. The third-order valence-corrected chi connectivity index (χ3v) is 5.29. The van der Waals surface area contributed by atoms with Crippen molar-refractivity contribution >= 4 is 46.1 Å². The molecule has 2 aromatic heterocycles. The fraction of sp³-hybridized carbons (Fsp3) is 0.333. The van der Waals surface area contributed by atoms with Crippen LogP contribution in [0.5, 0.6) is 0 Å². The van der Waals surface area contributed by atoms with Crippen molar-refractivity contribution in [3.05, 3.63) is 44.3 Å². The maximum absolute atomic E-state index is 12.6. The summed E-state index contributed by atoms with van der Waals surface area (Å²) in [6, 6.07) is 4.01. The summed E-state index contributed by atoms with van der Waals surface area (Å²) >= 11 is 3.19. The van der Waals surface area contributed by atoms with Gasteiger partial charge in [-0.25, -0.2) is 5.48 Å². The second-order valence-electron chi connectivity index (χ2n) is 5.70. The van der Waals surface area contributed by atoms with Gasteiger partial charge in [-0.2, -0.15) is 11.3 Å². The highest BCUT2D eigenvalue weighted by molar-refractivity contribution is 7.11.